The predicted octanol–water partition coefficient (Wildman–Crippen LogP) is 1.77. The van der Waals surface area contributed by atoms with E-state index in [0.29, 0.717) is 6.61 Å². The summed E-state index contributed by atoms with van der Waals surface area (Å²) in [5, 5.41) is 9.60. The molecule has 92 valence electrons. The average Bonchev–Trinajstić information content (AvgIpc) is 2.29. The lowest BCUT2D eigenvalue weighted by Gasteiger charge is -2.26. The molecule has 1 aliphatic rings. The Kier molecular flexibility index (Phi) is 5.93. The van der Waals surface area contributed by atoms with Gasteiger partial charge in [-0.05, 0) is 25.7 Å². The van der Waals surface area contributed by atoms with Gasteiger partial charge in [-0.3, -0.25) is 0 Å². The van der Waals surface area contributed by atoms with Gasteiger partial charge in [-0.1, -0.05) is 13.3 Å². The van der Waals surface area contributed by atoms with Crippen molar-refractivity contribution in [3.05, 3.63) is 12.3 Å². The molecule has 4 nitrogen and oxygen atoms in total. The van der Waals surface area contributed by atoms with Crippen molar-refractivity contribution in [2.24, 2.45) is 0 Å². The maximum absolute atomic E-state index is 11.1. The van der Waals surface area contributed by atoms with Crippen LogP contribution in [0.3, 0.4) is 0 Å². The van der Waals surface area contributed by atoms with Crippen LogP contribution >= 0.6 is 0 Å². The Balaban J connectivity index is 2.21. The fraction of sp³-hybridized carbons (Fsp3) is 0.750. The van der Waals surface area contributed by atoms with Crippen LogP contribution in [0.25, 0.3) is 0 Å². The van der Waals surface area contributed by atoms with Crippen molar-refractivity contribution in [3.8, 4) is 0 Å². The lowest BCUT2D eigenvalue weighted by Crippen LogP contribution is -2.30. The number of aliphatic hydroxyl groups is 1. The second kappa shape index (κ2) is 7.28. The zero-order valence-electron chi connectivity index (χ0n) is 9.72. The van der Waals surface area contributed by atoms with Gasteiger partial charge in [0.25, 0.3) is 0 Å². The molecule has 0 spiro atoms. The fourth-order valence-electron chi connectivity index (χ4n) is 1.68. The van der Waals surface area contributed by atoms with Crippen molar-refractivity contribution in [2.75, 3.05) is 6.61 Å². The molecule has 0 radical (unpaired) electrons. The van der Waals surface area contributed by atoms with Gasteiger partial charge in [0.1, 0.15) is 6.10 Å². The third-order valence-electron chi connectivity index (χ3n) is 2.57. The van der Waals surface area contributed by atoms with Crippen molar-refractivity contribution in [2.45, 2.75) is 51.2 Å². The Hall–Kier alpha value is -1.03. The van der Waals surface area contributed by atoms with E-state index in [9.17, 15) is 9.90 Å². The molecule has 1 aliphatic carbocycles. The van der Waals surface area contributed by atoms with Crippen molar-refractivity contribution < 1.29 is 19.4 Å². The topological polar surface area (TPSA) is 55.8 Å². The highest BCUT2D eigenvalue weighted by Crippen LogP contribution is 2.21. The number of hydrogen-bond donors (Lipinski definition) is 1. The molecule has 0 aromatic heterocycles. The van der Waals surface area contributed by atoms with E-state index in [2.05, 4.69) is 0 Å². The molecule has 0 heterocycles. The number of carbonyl (C=O) groups is 1. The summed E-state index contributed by atoms with van der Waals surface area (Å²) in [4.78, 5) is 11.1. The van der Waals surface area contributed by atoms with Gasteiger partial charge in [-0.15, -0.1) is 0 Å². The van der Waals surface area contributed by atoms with E-state index >= 15 is 0 Å². The van der Waals surface area contributed by atoms with Crippen LogP contribution in [-0.4, -0.2) is 29.9 Å². The van der Waals surface area contributed by atoms with E-state index in [1.807, 2.05) is 6.92 Å². The molecular formula is C12H20O4. The molecule has 0 bridgehead atoms. The van der Waals surface area contributed by atoms with Crippen LogP contribution in [0.15, 0.2) is 12.3 Å². The molecular weight excluding hydrogens is 208 g/mol. The standard InChI is InChI=1S/C12H20O4/c1-2-8-16-12(14)7-9-15-11-6-4-3-5-10(11)13/h7,9-11,13H,2-6,8H2,1H3. The number of ether oxygens (including phenoxy) is 2. The third kappa shape index (κ3) is 4.66. The quantitative estimate of drug-likeness (QED) is 0.442. The Morgan fingerprint density at radius 1 is 1.44 bits per heavy atom. The van der Waals surface area contributed by atoms with E-state index in [4.69, 9.17) is 9.47 Å². The van der Waals surface area contributed by atoms with Gasteiger partial charge in [-0.2, -0.15) is 0 Å². The first-order valence-electron chi connectivity index (χ1n) is 5.91. The van der Waals surface area contributed by atoms with E-state index in [1.54, 1.807) is 0 Å². The van der Waals surface area contributed by atoms with Crippen LogP contribution in [0, 0.1) is 0 Å². The highest BCUT2D eigenvalue weighted by Gasteiger charge is 2.23. The van der Waals surface area contributed by atoms with E-state index in [0.717, 1.165) is 32.1 Å². The minimum atomic E-state index is -0.412. The number of aliphatic hydroxyl groups excluding tert-OH is 1. The Labute approximate surface area is 96.2 Å². The van der Waals surface area contributed by atoms with Gasteiger partial charge in [0.2, 0.25) is 0 Å². The second-order valence-electron chi connectivity index (χ2n) is 4.00. The summed E-state index contributed by atoms with van der Waals surface area (Å²) in [6.45, 7) is 2.36. The SMILES string of the molecule is CCCOC(=O)C=COC1CCCCC1O. The summed E-state index contributed by atoms with van der Waals surface area (Å²) in [5.74, 6) is -0.396. The van der Waals surface area contributed by atoms with Gasteiger partial charge in [0, 0.05) is 0 Å². The first kappa shape index (κ1) is 13.0. The van der Waals surface area contributed by atoms with Crippen LogP contribution in [0.5, 0.6) is 0 Å². The molecule has 16 heavy (non-hydrogen) atoms. The van der Waals surface area contributed by atoms with Gasteiger partial charge < -0.3 is 14.6 Å². The van der Waals surface area contributed by atoms with Crippen LogP contribution < -0.4 is 0 Å². The molecule has 0 aliphatic heterocycles. The highest BCUT2D eigenvalue weighted by molar-refractivity contribution is 5.81. The maximum atomic E-state index is 11.1. The first-order chi connectivity index (χ1) is 7.74. The summed E-state index contributed by atoms with van der Waals surface area (Å²) in [5.41, 5.74) is 0. The van der Waals surface area contributed by atoms with Crippen LogP contribution in [0.4, 0.5) is 0 Å². The molecule has 1 saturated carbocycles. The van der Waals surface area contributed by atoms with E-state index in [-0.39, 0.29) is 6.10 Å². The van der Waals surface area contributed by atoms with Crippen molar-refractivity contribution in [3.63, 3.8) is 0 Å². The zero-order valence-corrected chi connectivity index (χ0v) is 9.72. The van der Waals surface area contributed by atoms with Crippen LogP contribution in [-0.2, 0) is 14.3 Å². The third-order valence-corrected chi connectivity index (χ3v) is 2.57. The average molecular weight is 228 g/mol. The molecule has 0 aromatic rings. The molecule has 1 fully saturated rings. The Morgan fingerprint density at radius 2 is 2.19 bits per heavy atom. The molecule has 0 amide bonds. The predicted molar refractivity (Wildman–Crippen MR) is 59.7 cm³/mol. The molecule has 1 rings (SSSR count). The van der Waals surface area contributed by atoms with E-state index < -0.39 is 12.1 Å². The number of esters is 1. The summed E-state index contributed by atoms with van der Waals surface area (Å²) in [6, 6.07) is 0. The lowest BCUT2D eigenvalue weighted by molar-refractivity contribution is -0.138. The largest absolute Gasteiger partial charge is 0.495 e. The maximum Gasteiger partial charge on any atom is 0.333 e. The Morgan fingerprint density at radius 3 is 2.88 bits per heavy atom. The Bertz CT molecular complexity index is 237. The van der Waals surface area contributed by atoms with E-state index in [1.165, 1.54) is 12.3 Å². The summed E-state index contributed by atoms with van der Waals surface area (Å²) >= 11 is 0. The lowest BCUT2D eigenvalue weighted by atomic mass is 9.95. The second-order valence-corrected chi connectivity index (χ2v) is 4.00. The summed E-state index contributed by atoms with van der Waals surface area (Å²) in [7, 11) is 0. The molecule has 4 heteroatoms. The van der Waals surface area contributed by atoms with Crippen LogP contribution in [0.2, 0.25) is 0 Å². The minimum absolute atomic E-state index is 0.177. The van der Waals surface area contributed by atoms with Crippen LogP contribution in [0.1, 0.15) is 39.0 Å². The van der Waals surface area contributed by atoms with Crippen molar-refractivity contribution in [1.29, 1.82) is 0 Å². The van der Waals surface area contributed by atoms with Gasteiger partial charge in [-0.25, -0.2) is 4.79 Å². The first-order valence-corrected chi connectivity index (χ1v) is 5.91. The fourth-order valence-corrected chi connectivity index (χ4v) is 1.68. The molecule has 2 unspecified atom stereocenters. The highest BCUT2D eigenvalue weighted by atomic mass is 16.5. The summed E-state index contributed by atoms with van der Waals surface area (Å²) < 4.78 is 10.2. The van der Waals surface area contributed by atoms with Gasteiger partial charge >= 0.3 is 5.97 Å². The molecule has 1 N–H and O–H groups in total. The number of hydrogen-bond acceptors (Lipinski definition) is 4. The zero-order chi connectivity index (χ0) is 11.8. The molecule has 2 atom stereocenters. The normalized spacial score (nSPS) is 25.6. The smallest absolute Gasteiger partial charge is 0.333 e. The monoisotopic (exact) mass is 228 g/mol. The number of rotatable bonds is 5. The molecule has 0 aromatic carbocycles. The minimum Gasteiger partial charge on any atom is -0.495 e. The molecule has 0 saturated heterocycles. The number of carbonyl (C=O) groups excluding carboxylic acids is 1. The van der Waals surface area contributed by atoms with Crippen molar-refractivity contribution in [1.82, 2.24) is 0 Å². The van der Waals surface area contributed by atoms with Gasteiger partial charge in [0.15, 0.2) is 0 Å². The van der Waals surface area contributed by atoms with Crippen molar-refractivity contribution >= 4 is 5.97 Å². The van der Waals surface area contributed by atoms with Gasteiger partial charge in [0.05, 0.1) is 25.0 Å². The summed E-state index contributed by atoms with van der Waals surface area (Å²) in [6.07, 6.45) is 6.54.